The van der Waals surface area contributed by atoms with E-state index in [0.29, 0.717) is 5.56 Å². The van der Waals surface area contributed by atoms with E-state index in [-0.39, 0.29) is 16.8 Å². The fraction of sp³-hybridized carbons (Fsp3) is 0.400. The molecule has 0 aromatic heterocycles. The third kappa shape index (κ3) is 2.16. The highest BCUT2D eigenvalue weighted by atomic mass is 35.5. The summed E-state index contributed by atoms with van der Waals surface area (Å²) in [4.78, 5) is 0. The summed E-state index contributed by atoms with van der Waals surface area (Å²) in [7, 11) is 0. The Morgan fingerprint density at radius 1 is 1.57 bits per heavy atom. The quantitative estimate of drug-likeness (QED) is 0.818. The van der Waals surface area contributed by atoms with Gasteiger partial charge < -0.3 is 10.8 Å². The van der Waals surface area contributed by atoms with Crippen molar-refractivity contribution in [3.8, 4) is 5.75 Å². The molecule has 0 fully saturated rings. The molecular formula is C10H13ClFNO. The molecule has 0 unspecified atom stereocenters. The highest BCUT2D eigenvalue weighted by Crippen LogP contribution is 2.34. The Bertz CT molecular complexity index is 330. The average molecular weight is 218 g/mol. The van der Waals surface area contributed by atoms with E-state index in [1.807, 2.05) is 6.92 Å². The normalized spacial score (nSPS) is 12.9. The second kappa shape index (κ2) is 4.62. The Morgan fingerprint density at radius 3 is 2.79 bits per heavy atom. The molecule has 0 aliphatic heterocycles. The lowest BCUT2D eigenvalue weighted by atomic mass is 10.0. The molecule has 1 aromatic carbocycles. The lowest BCUT2D eigenvalue weighted by Crippen LogP contribution is -2.10. The predicted molar refractivity (Wildman–Crippen MR) is 54.9 cm³/mol. The second-order valence-corrected chi connectivity index (χ2v) is 3.57. The van der Waals surface area contributed by atoms with Crippen molar-refractivity contribution in [2.24, 2.45) is 5.73 Å². The first-order chi connectivity index (χ1) is 6.57. The number of hydrogen-bond acceptors (Lipinski definition) is 2. The molecule has 0 saturated heterocycles. The van der Waals surface area contributed by atoms with Crippen molar-refractivity contribution in [3.63, 3.8) is 0 Å². The van der Waals surface area contributed by atoms with Gasteiger partial charge in [-0.2, -0.15) is 0 Å². The van der Waals surface area contributed by atoms with Gasteiger partial charge in [0.1, 0.15) is 16.6 Å². The maximum absolute atomic E-state index is 12.9. The molecule has 3 N–H and O–H groups in total. The molecule has 4 heteroatoms. The lowest BCUT2D eigenvalue weighted by molar-refractivity contribution is 0.452. The predicted octanol–water partition coefficient (Wildman–Crippen LogP) is 2.98. The van der Waals surface area contributed by atoms with Crippen molar-refractivity contribution in [3.05, 3.63) is 28.5 Å². The Balaban J connectivity index is 3.04. The maximum Gasteiger partial charge on any atom is 0.145 e. The van der Waals surface area contributed by atoms with Gasteiger partial charge in [-0.1, -0.05) is 31.0 Å². The summed E-state index contributed by atoms with van der Waals surface area (Å²) in [5.41, 5.74) is 6.28. The number of phenols is 1. The van der Waals surface area contributed by atoms with Crippen LogP contribution in [-0.4, -0.2) is 5.11 Å². The van der Waals surface area contributed by atoms with Crippen molar-refractivity contribution in [1.29, 1.82) is 0 Å². The molecule has 0 spiro atoms. The Labute approximate surface area is 87.5 Å². The van der Waals surface area contributed by atoms with Crippen molar-refractivity contribution < 1.29 is 9.50 Å². The smallest absolute Gasteiger partial charge is 0.145 e. The first-order valence-electron chi connectivity index (χ1n) is 4.50. The number of hydrogen-bond donors (Lipinski definition) is 2. The molecule has 2 nitrogen and oxygen atoms in total. The van der Waals surface area contributed by atoms with Gasteiger partial charge in [-0.25, -0.2) is 4.39 Å². The topological polar surface area (TPSA) is 46.2 Å². The minimum absolute atomic E-state index is 0.243. The number of halogens is 2. The van der Waals surface area contributed by atoms with Crippen LogP contribution in [0.5, 0.6) is 5.75 Å². The van der Waals surface area contributed by atoms with Crippen LogP contribution in [0.2, 0.25) is 5.02 Å². The standard InChI is InChI=1S/C10H13ClFNO/c1-2-3-8(13)6-4-5-7(12)9(11)10(6)14/h4-5,8,14H,2-3,13H2,1H3/t8-/m1/s1. The van der Waals surface area contributed by atoms with Gasteiger partial charge in [-0.3, -0.25) is 0 Å². The van der Waals surface area contributed by atoms with Crippen LogP contribution in [0, 0.1) is 5.82 Å². The number of nitrogens with two attached hydrogens (primary N) is 1. The fourth-order valence-corrected chi connectivity index (χ4v) is 1.49. The minimum atomic E-state index is -0.628. The van der Waals surface area contributed by atoms with Gasteiger partial charge in [-0.15, -0.1) is 0 Å². The number of aromatic hydroxyl groups is 1. The molecule has 0 amide bonds. The Morgan fingerprint density at radius 2 is 2.21 bits per heavy atom. The van der Waals surface area contributed by atoms with Crippen LogP contribution in [0.1, 0.15) is 31.4 Å². The van der Waals surface area contributed by atoms with Gasteiger partial charge in [0, 0.05) is 11.6 Å². The largest absolute Gasteiger partial charge is 0.506 e. The second-order valence-electron chi connectivity index (χ2n) is 3.19. The monoisotopic (exact) mass is 217 g/mol. The molecule has 0 heterocycles. The third-order valence-corrected chi connectivity index (χ3v) is 2.46. The molecule has 1 rings (SSSR count). The summed E-state index contributed by atoms with van der Waals surface area (Å²) in [6.07, 6.45) is 1.63. The molecule has 0 bridgehead atoms. The SMILES string of the molecule is CCC[C@@H](N)c1ccc(F)c(Cl)c1O. The molecule has 0 aliphatic rings. The summed E-state index contributed by atoms with van der Waals surface area (Å²) < 4.78 is 12.9. The number of rotatable bonds is 3. The first kappa shape index (κ1) is 11.3. The molecular weight excluding hydrogens is 205 g/mol. The van der Waals surface area contributed by atoms with Crippen molar-refractivity contribution >= 4 is 11.6 Å². The summed E-state index contributed by atoms with van der Waals surface area (Å²) >= 11 is 5.55. The molecule has 0 aliphatic carbocycles. The van der Waals surface area contributed by atoms with E-state index in [2.05, 4.69) is 0 Å². The van der Waals surface area contributed by atoms with E-state index in [0.717, 1.165) is 12.8 Å². The Hall–Kier alpha value is -0.800. The van der Waals surface area contributed by atoms with Crippen LogP contribution in [0.15, 0.2) is 12.1 Å². The van der Waals surface area contributed by atoms with E-state index in [1.54, 1.807) is 0 Å². The van der Waals surface area contributed by atoms with E-state index in [4.69, 9.17) is 17.3 Å². The van der Waals surface area contributed by atoms with Gasteiger partial charge >= 0.3 is 0 Å². The van der Waals surface area contributed by atoms with Gasteiger partial charge in [0.05, 0.1) is 0 Å². The zero-order valence-electron chi connectivity index (χ0n) is 7.93. The zero-order chi connectivity index (χ0) is 10.7. The van der Waals surface area contributed by atoms with E-state index in [1.165, 1.54) is 12.1 Å². The van der Waals surface area contributed by atoms with Crippen molar-refractivity contribution in [2.75, 3.05) is 0 Å². The summed E-state index contributed by atoms with van der Waals surface area (Å²) in [6, 6.07) is 2.39. The van der Waals surface area contributed by atoms with Crippen LogP contribution in [0.3, 0.4) is 0 Å². The van der Waals surface area contributed by atoms with E-state index >= 15 is 0 Å². The Kier molecular flexibility index (Phi) is 3.72. The zero-order valence-corrected chi connectivity index (χ0v) is 8.68. The molecule has 0 radical (unpaired) electrons. The molecule has 0 saturated carbocycles. The first-order valence-corrected chi connectivity index (χ1v) is 4.88. The van der Waals surface area contributed by atoms with Crippen LogP contribution < -0.4 is 5.73 Å². The minimum Gasteiger partial charge on any atom is -0.506 e. The molecule has 1 atom stereocenters. The van der Waals surface area contributed by atoms with Crippen LogP contribution >= 0.6 is 11.6 Å². The van der Waals surface area contributed by atoms with Gasteiger partial charge in [0.25, 0.3) is 0 Å². The highest BCUT2D eigenvalue weighted by molar-refractivity contribution is 6.32. The summed E-state index contributed by atoms with van der Waals surface area (Å²) in [5.74, 6) is -0.871. The summed E-state index contributed by atoms with van der Waals surface area (Å²) in [5, 5.41) is 9.27. The van der Waals surface area contributed by atoms with Gasteiger partial charge in [-0.05, 0) is 12.5 Å². The van der Waals surface area contributed by atoms with Crippen LogP contribution in [-0.2, 0) is 0 Å². The van der Waals surface area contributed by atoms with Crippen molar-refractivity contribution in [1.82, 2.24) is 0 Å². The summed E-state index contributed by atoms with van der Waals surface area (Å²) in [6.45, 7) is 1.99. The lowest BCUT2D eigenvalue weighted by Gasteiger charge is -2.13. The molecule has 14 heavy (non-hydrogen) atoms. The van der Waals surface area contributed by atoms with E-state index in [9.17, 15) is 9.50 Å². The van der Waals surface area contributed by atoms with Gasteiger partial charge in [0.15, 0.2) is 0 Å². The number of phenolic OH excluding ortho intramolecular Hbond substituents is 1. The van der Waals surface area contributed by atoms with Crippen LogP contribution in [0.4, 0.5) is 4.39 Å². The molecule has 1 aromatic rings. The van der Waals surface area contributed by atoms with Gasteiger partial charge in [0.2, 0.25) is 0 Å². The van der Waals surface area contributed by atoms with Crippen molar-refractivity contribution in [2.45, 2.75) is 25.8 Å². The van der Waals surface area contributed by atoms with Crippen LogP contribution in [0.25, 0.3) is 0 Å². The van der Waals surface area contributed by atoms with E-state index < -0.39 is 5.82 Å². The maximum atomic E-state index is 12.9. The fourth-order valence-electron chi connectivity index (χ4n) is 1.32. The highest BCUT2D eigenvalue weighted by Gasteiger charge is 2.15. The number of benzene rings is 1. The average Bonchev–Trinajstić information content (AvgIpc) is 2.15. The molecule has 78 valence electrons. The third-order valence-electron chi connectivity index (χ3n) is 2.10.